The van der Waals surface area contributed by atoms with Crippen molar-refractivity contribution in [2.24, 2.45) is 22.9 Å². The van der Waals surface area contributed by atoms with Crippen molar-refractivity contribution in [3.63, 3.8) is 0 Å². The molecule has 0 aromatic heterocycles. The molecule has 0 bridgehead atoms. The molecule has 6 aromatic carbocycles. The zero-order chi connectivity index (χ0) is 55.0. The van der Waals surface area contributed by atoms with E-state index in [9.17, 15) is 15.0 Å². The fourth-order valence-electron chi connectivity index (χ4n) is 11.6. The van der Waals surface area contributed by atoms with Crippen LogP contribution >= 0.6 is 0 Å². The van der Waals surface area contributed by atoms with Gasteiger partial charge < -0.3 is 48.2 Å². The van der Waals surface area contributed by atoms with E-state index in [2.05, 4.69) is 18.0 Å². The average Bonchev–Trinajstić information content (AvgIpc) is 3.67. The molecular formula is C64H71N3O12. The highest BCUT2D eigenvalue weighted by Gasteiger charge is 2.66. The fourth-order valence-corrected chi connectivity index (χ4v) is 11.6. The summed E-state index contributed by atoms with van der Waals surface area (Å²) in [6.07, 6.45) is 6.84. The minimum Gasteiger partial charge on any atom is -0.497 e. The summed E-state index contributed by atoms with van der Waals surface area (Å²) in [7, 11) is 3.05. The van der Waals surface area contributed by atoms with Gasteiger partial charge in [-0.25, -0.2) is 9.59 Å². The summed E-state index contributed by atoms with van der Waals surface area (Å²) in [6, 6.07) is 43.2. The van der Waals surface area contributed by atoms with Gasteiger partial charge in [-0.15, -0.1) is 6.58 Å². The van der Waals surface area contributed by atoms with Crippen molar-refractivity contribution in [1.82, 2.24) is 4.90 Å². The van der Waals surface area contributed by atoms with Crippen molar-refractivity contribution in [3.8, 4) is 23.0 Å². The number of hydrogen-bond donors (Lipinski definition) is 3. The summed E-state index contributed by atoms with van der Waals surface area (Å²) in [5.41, 5.74) is 5.42. The first-order chi connectivity index (χ1) is 38.8. The number of oxime groups is 1. The number of amides is 2. The van der Waals surface area contributed by atoms with Crippen LogP contribution in [0.1, 0.15) is 73.1 Å². The van der Waals surface area contributed by atoms with Crippen molar-refractivity contribution in [1.29, 1.82) is 0 Å². The standard InChI is InChI=1S/C64H71N3O12/c1-4-34-76-64-59(67(41-48-25-17-24-46-22-11-12-26-51(46)48)63(71)75-36-35-74-42-44-18-7-5-8-19-44)40-56(66-77-43-45-20-9-6-10-21-45)53-37-47(23-13-15-32-68)52(27-14-16-33-69)60(61(53)64)54-38-50(29-31-57(54)79-64)78-62(70)65-55-30-28-49(72-2)39-58(55)73-3/h4-12,17-22,24-26,28-31,37-39,47,52,59-61,68-69H,1,13-16,23,27,32-36,40-43H2,2-3H3,(H,65,70)/t47-,52+,59-,60+,61+,64+/m0/s1. The lowest BCUT2D eigenvalue weighted by Gasteiger charge is -2.59. The molecule has 9 rings (SSSR count). The van der Waals surface area contributed by atoms with Crippen LogP contribution in [-0.2, 0) is 38.8 Å². The van der Waals surface area contributed by atoms with Crippen LogP contribution in [-0.4, -0.2) is 92.1 Å². The van der Waals surface area contributed by atoms with Gasteiger partial charge in [-0.3, -0.25) is 10.2 Å². The van der Waals surface area contributed by atoms with Crippen LogP contribution in [0, 0.1) is 17.8 Å². The fraction of sp³-hybridized carbons (Fsp3) is 0.359. The normalized spacial score (nSPS) is 20.4. The van der Waals surface area contributed by atoms with E-state index in [1.54, 1.807) is 48.4 Å². The maximum atomic E-state index is 15.4. The molecular weight excluding hydrogens is 1000 g/mol. The predicted molar refractivity (Wildman–Crippen MR) is 302 cm³/mol. The second-order valence-corrected chi connectivity index (χ2v) is 20.0. The Bertz CT molecular complexity index is 3050. The summed E-state index contributed by atoms with van der Waals surface area (Å²) in [6.45, 7) is 4.99. The highest BCUT2D eigenvalue weighted by Crippen LogP contribution is 2.62. The van der Waals surface area contributed by atoms with Crippen molar-refractivity contribution < 1.29 is 57.8 Å². The lowest BCUT2D eigenvalue weighted by atomic mass is 9.55. The van der Waals surface area contributed by atoms with E-state index >= 15 is 4.79 Å². The van der Waals surface area contributed by atoms with Gasteiger partial charge in [0.05, 0.1) is 57.9 Å². The Labute approximate surface area is 462 Å². The molecule has 0 spiro atoms. The zero-order valence-electron chi connectivity index (χ0n) is 45.0. The molecule has 15 heteroatoms. The molecule has 6 atom stereocenters. The lowest BCUT2D eigenvalue weighted by molar-refractivity contribution is -0.256. The number of carbonyl (C=O) groups is 2. The lowest BCUT2D eigenvalue weighted by Crippen LogP contribution is -2.70. The molecule has 79 heavy (non-hydrogen) atoms. The van der Waals surface area contributed by atoms with Crippen LogP contribution in [0.2, 0.25) is 0 Å². The van der Waals surface area contributed by atoms with E-state index in [4.69, 9.17) is 43.2 Å². The van der Waals surface area contributed by atoms with E-state index in [0.29, 0.717) is 60.9 Å². The van der Waals surface area contributed by atoms with Gasteiger partial charge in [0.2, 0.25) is 5.79 Å². The summed E-state index contributed by atoms with van der Waals surface area (Å²) >= 11 is 0. The average molecular weight is 1070 g/mol. The summed E-state index contributed by atoms with van der Waals surface area (Å²) < 4.78 is 44.1. The van der Waals surface area contributed by atoms with Crippen LogP contribution in [0.15, 0.2) is 169 Å². The van der Waals surface area contributed by atoms with Crippen LogP contribution in [0.25, 0.3) is 10.8 Å². The molecule has 3 aliphatic rings. The number of allylic oxidation sites excluding steroid dienone is 1. The zero-order valence-corrected chi connectivity index (χ0v) is 45.0. The molecule has 0 unspecified atom stereocenters. The quantitative estimate of drug-likeness (QED) is 0.0267. The minimum atomic E-state index is -1.61. The number of nitrogens with one attached hydrogen (secondary N) is 1. The third-order valence-corrected chi connectivity index (χ3v) is 15.1. The van der Waals surface area contributed by atoms with Gasteiger partial charge in [-0.2, -0.15) is 0 Å². The number of anilines is 1. The molecule has 3 N–H and O–H groups in total. The smallest absolute Gasteiger partial charge is 0.417 e. The monoisotopic (exact) mass is 1070 g/mol. The SMILES string of the molecule is C=CCO[C@@]12Oc3ccc(OC(=O)Nc4ccc(OC)cc4OC)cc3[C@H]3[C@H](CCCCO)[C@@H](CCCCO)C=C(C(=NOCc4ccccc4)C[C@@H]1N(Cc1cccc4ccccc14)C(=O)OCCOCc1ccccc1)[C@H]32. The first-order valence-corrected chi connectivity index (χ1v) is 27.2. The predicted octanol–water partition coefficient (Wildman–Crippen LogP) is 12.2. The molecule has 1 heterocycles. The van der Waals surface area contributed by atoms with Gasteiger partial charge in [0.15, 0.2) is 0 Å². The maximum absolute atomic E-state index is 15.4. The number of aliphatic hydroxyl groups is 2. The minimum absolute atomic E-state index is 0.0232. The third-order valence-electron chi connectivity index (χ3n) is 15.1. The molecule has 2 amide bonds. The Morgan fingerprint density at radius 2 is 1.52 bits per heavy atom. The Kier molecular flexibility index (Phi) is 19.3. The Hall–Kier alpha value is -7.69. The number of methoxy groups -OCH3 is 2. The molecule has 1 saturated carbocycles. The number of rotatable bonds is 26. The number of aliphatic hydroxyl groups excluding tert-OH is 2. The van der Waals surface area contributed by atoms with Crippen molar-refractivity contribution in [2.75, 3.05) is 52.6 Å². The molecule has 2 aliphatic carbocycles. The van der Waals surface area contributed by atoms with Gasteiger partial charge in [-0.1, -0.05) is 133 Å². The molecule has 0 radical (unpaired) electrons. The highest BCUT2D eigenvalue weighted by atomic mass is 16.7. The maximum Gasteiger partial charge on any atom is 0.417 e. The number of carbonyl (C=O) groups excluding carboxylic acids is 2. The third kappa shape index (κ3) is 13.3. The number of nitrogens with zero attached hydrogens (tertiary/aromatic N) is 2. The number of hydrogen-bond acceptors (Lipinski definition) is 13. The van der Waals surface area contributed by atoms with Crippen molar-refractivity contribution >= 4 is 34.4 Å². The van der Waals surface area contributed by atoms with Gasteiger partial charge in [0, 0.05) is 37.2 Å². The van der Waals surface area contributed by atoms with Gasteiger partial charge >= 0.3 is 12.2 Å². The van der Waals surface area contributed by atoms with Crippen molar-refractivity contribution in [3.05, 3.63) is 186 Å². The number of unbranched alkanes of at least 4 members (excludes halogenated alkanes) is 2. The number of fused-ring (bicyclic) bond motifs is 3. The van der Waals surface area contributed by atoms with E-state index < -0.39 is 35.9 Å². The molecule has 6 aromatic rings. The molecule has 1 aliphatic heterocycles. The molecule has 1 fully saturated rings. The summed E-state index contributed by atoms with van der Waals surface area (Å²) in [5.74, 6) is -1.15. The highest BCUT2D eigenvalue weighted by molar-refractivity contribution is 6.03. The van der Waals surface area contributed by atoms with Crippen LogP contribution in [0.4, 0.5) is 15.3 Å². The van der Waals surface area contributed by atoms with Crippen LogP contribution in [0.5, 0.6) is 23.0 Å². The van der Waals surface area contributed by atoms with Crippen LogP contribution in [0.3, 0.4) is 0 Å². The summed E-state index contributed by atoms with van der Waals surface area (Å²) in [4.78, 5) is 37.3. The second-order valence-electron chi connectivity index (χ2n) is 20.0. The number of ether oxygens (including phenoxy) is 7. The Balaban J connectivity index is 1.19. The van der Waals surface area contributed by atoms with Crippen LogP contribution < -0.4 is 24.3 Å². The van der Waals surface area contributed by atoms with E-state index in [0.717, 1.165) is 51.4 Å². The van der Waals surface area contributed by atoms with Gasteiger partial charge in [-0.05, 0) is 101 Å². The van der Waals surface area contributed by atoms with Crippen molar-refractivity contribution in [2.45, 2.75) is 82.5 Å². The van der Waals surface area contributed by atoms with E-state index in [-0.39, 0.29) is 70.2 Å². The van der Waals surface area contributed by atoms with Gasteiger partial charge in [0.25, 0.3) is 0 Å². The van der Waals surface area contributed by atoms with E-state index in [1.165, 1.54) is 7.11 Å². The Morgan fingerprint density at radius 3 is 2.27 bits per heavy atom. The Morgan fingerprint density at radius 1 is 0.797 bits per heavy atom. The molecule has 0 saturated heterocycles. The molecule has 15 nitrogen and oxygen atoms in total. The largest absolute Gasteiger partial charge is 0.497 e. The summed E-state index contributed by atoms with van der Waals surface area (Å²) in [5, 5.41) is 30.1. The first kappa shape index (κ1) is 56.0. The topological polar surface area (TPSA) is 176 Å². The molecule has 414 valence electrons. The van der Waals surface area contributed by atoms with E-state index in [1.807, 2.05) is 109 Å². The van der Waals surface area contributed by atoms with Gasteiger partial charge in [0.1, 0.15) is 42.3 Å². The second kappa shape index (κ2) is 27.3. The first-order valence-electron chi connectivity index (χ1n) is 27.2. The number of benzene rings is 6.